The molecule has 2 heterocycles. The molecule has 9 heteroatoms. The van der Waals surface area contributed by atoms with Crippen molar-refractivity contribution >= 4 is 27.7 Å². The molecule has 0 aliphatic carbocycles. The smallest absolute Gasteiger partial charge is 0.409 e. The zero-order chi connectivity index (χ0) is 25.5. The lowest BCUT2D eigenvalue weighted by atomic mass is 9.93. The summed E-state index contributed by atoms with van der Waals surface area (Å²) in [5, 5.41) is 0.464. The van der Waals surface area contributed by atoms with Crippen LogP contribution in [0.3, 0.4) is 0 Å². The van der Waals surface area contributed by atoms with E-state index in [1.54, 1.807) is 25.4 Å². The Kier molecular flexibility index (Phi) is 8.61. The summed E-state index contributed by atoms with van der Waals surface area (Å²) in [4.78, 5) is 18.7. The van der Waals surface area contributed by atoms with Crippen LogP contribution in [0.2, 0.25) is 5.02 Å². The third kappa shape index (κ3) is 6.24. The Morgan fingerprint density at radius 1 is 1.06 bits per heavy atom. The molecule has 4 rings (SSSR count). The molecule has 2 atom stereocenters. The summed E-state index contributed by atoms with van der Waals surface area (Å²) in [6, 6.07) is 20.6. The Balaban J connectivity index is 1.51. The van der Waals surface area contributed by atoms with Gasteiger partial charge in [0.1, 0.15) is 6.61 Å². The summed E-state index contributed by atoms with van der Waals surface area (Å²) in [7, 11) is -2.21. The second-order valence-electron chi connectivity index (χ2n) is 8.87. The molecule has 0 saturated carbocycles. The van der Waals surface area contributed by atoms with Gasteiger partial charge < -0.3 is 9.64 Å². The molecule has 0 spiro atoms. The van der Waals surface area contributed by atoms with Gasteiger partial charge in [0.05, 0.1) is 17.0 Å². The van der Waals surface area contributed by atoms with Gasteiger partial charge >= 0.3 is 6.09 Å². The first-order chi connectivity index (χ1) is 17.4. The number of amides is 1. The van der Waals surface area contributed by atoms with Crippen molar-refractivity contribution < 1.29 is 17.9 Å². The van der Waals surface area contributed by atoms with E-state index in [1.807, 2.05) is 48.5 Å². The molecule has 1 amide bonds. The highest BCUT2D eigenvalue weighted by Crippen LogP contribution is 2.39. The van der Waals surface area contributed by atoms with Crippen LogP contribution in [0.4, 0.5) is 4.79 Å². The van der Waals surface area contributed by atoms with Gasteiger partial charge in [-0.25, -0.2) is 13.2 Å². The number of carbonyl (C=O) groups excluding carboxylic acids is 1. The highest BCUT2D eigenvalue weighted by molar-refractivity contribution is 7.89. The van der Waals surface area contributed by atoms with Crippen molar-refractivity contribution in [3.8, 4) is 0 Å². The van der Waals surface area contributed by atoms with Crippen molar-refractivity contribution in [3.63, 3.8) is 0 Å². The number of sulfonamides is 1. The molecule has 2 aromatic carbocycles. The third-order valence-corrected chi connectivity index (χ3v) is 8.62. The topological polar surface area (TPSA) is 79.8 Å². The van der Waals surface area contributed by atoms with Crippen LogP contribution in [-0.4, -0.2) is 54.9 Å². The molecule has 3 aromatic rings. The minimum atomic E-state index is -3.88. The molecule has 1 aliphatic rings. The molecule has 0 bridgehead atoms. The molecule has 0 N–H and O–H groups in total. The number of aromatic nitrogens is 1. The van der Waals surface area contributed by atoms with E-state index in [9.17, 15) is 13.2 Å². The molecule has 0 unspecified atom stereocenters. The summed E-state index contributed by atoms with van der Waals surface area (Å²) in [5.74, 6) is 0. The van der Waals surface area contributed by atoms with Gasteiger partial charge in [0, 0.05) is 36.9 Å². The Morgan fingerprint density at radius 3 is 2.47 bits per heavy atom. The quantitative estimate of drug-likeness (QED) is 0.395. The van der Waals surface area contributed by atoms with E-state index in [4.69, 9.17) is 16.3 Å². The maximum Gasteiger partial charge on any atom is 0.409 e. The summed E-state index contributed by atoms with van der Waals surface area (Å²) in [6.45, 7) is 0.419. The van der Waals surface area contributed by atoms with Gasteiger partial charge in [0.25, 0.3) is 0 Å². The number of piperidine rings is 1. The molecule has 190 valence electrons. The number of nitrogens with zero attached hydrogens (tertiary/aromatic N) is 3. The van der Waals surface area contributed by atoms with Crippen LogP contribution in [0, 0.1) is 0 Å². The van der Waals surface area contributed by atoms with Crippen LogP contribution < -0.4 is 0 Å². The predicted molar refractivity (Wildman–Crippen MR) is 139 cm³/mol. The number of pyridine rings is 1. The van der Waals surface area contributed by atoms with Crippen molar-refractivity contribution in [2.24, 2.45) is 0 Å². The molecule has 1 aliphatic heterocycles. The fourth-order valence-electron chi connectivity index (χ4n) is 4.49. The normalized spacial score (nSPS) is 18.5. The van der Waals surface area contributed by atoms with Crippen molar-refractivity contribution in [2.45, 2.75) is 42.7 Å². The zero-order valence-electron chi connectivity index (χ0n) is 20.2. The average molecular weight is 528 g/mol. The lowest BCUT2D eigenvalue weighted by molar-refractivity contribution is 0.0668. The highest BCUT2D eigenvalue weighted by Gasteiger charge is 2.41. The van der Waals surface area contributed by atoms with Crippen molar-refractivity contribution in [2.75, 3.05) is 20.2 Å². The fourth-order valence-corrected chi connectivity index (χ4v) is 6.46. The first-order valence-corrected chi connectivity index (χ1v) is 13.8. The highest BCUT2D eigenvalue weighted by atomic mass is 35.5. The van der Waals surface area contributed by atoms with Gasteiger partial charge in [-0.1, -0.05) is 48.0 Å². The summed E-state index contributed by atoms with van der Waals surface area (Å²) < 4.78 is 34.9. The second-order valence-corrected chi connectivity index (χ2v) is 11.1. The molecule has 36 heavy (non-hydrogen) atoms. The number of halogens is 1. The number of likely N-dealkylation sites (N-methyl/N-ethyl adjacent to an activating group) is 1. The van der Waals surface area contributed by atoms with E-state index in [0.29, 0.717) is 30.8 Å². The minimum absolute atomic E-state index is 0.0249. The maximum absolute atomic E-state index is 13.9. The number of rotatable bonds is 8. The molecule has 7 nitrogen and oxygen atoms in total. The van der Waals surface area contributed by atoms with Gasteiger partial charge in [-0.15, -0.1) is 0 Å². The van der Waals surface area contributed by atoms with Gasteiger partial charge in [-0.3, -0.25) is 4.98 Å². The standard InChI is InChI=1S/C27H30ClN3O4S/c1-30(19-17-23-10-5-6-18-29-23)27(32)35-20-24-11-7-12-26(21-8-3-2-4-9-21)31(24)36(33,34)25-15-13-22(28)14-16-25/h2-6,8-10,13-16,18,24,26H,7,11-12,17,19-20H2,1H3/t24-,26+/m1/s1. The predicted octanol–water partition coefficient (Wildman–Crippen LogP) is 5.33. The van der Waals surface area contributed by atoms with Crippen molar-refractivity contribution in [3.05, 3.63) is 95.3 Å². The monoisotopic (exact) mass is 527 g/mol. The molecular formula is C27H30ClN3O4S. The molecule has 1 fully saturated rings. The lowest BCUT2D eigenvalue weighted by Crippen LogP contribution is -2.48. The van der Waals surface area contributed by atoms with E-state index in [0.717, 1.165) is 17.7 Å². The third-order valence-electron chi connectivity index (χ3n) is 6.40. The summed E-state index contributed by atoms with van der Waals surface area (Å²) >= 11 is 6.01. The molecule has 1 saturated heterocycles. The van der Waals surface area contributed by atoms with E-state index in [2.05, 4.69) is 4.98 Å². The zero-order valence-corrected chi connectivity index (χ0v) is 21.7. The molecule has 0 radical (unpaired) electrons. The molecule has 1 aromatic heterocycles. The average Bonchev–Trinajstić information content (AvgIpc) is 2.91. The van der Waals surface area contributed by atoms with Gasteiger partial charge in [0.2, 0.25) is 10.0 Å². The van der Waals surface area contributed by atoms with E-state index in [-0.39, 0.29) is 17.5 Å². The van der Waals surface area contributed by atoms with Crippen LogP contribution in [-0.2, 0) is 21.2 Å². The first-order valence-electron chi connectivity index (χ1n) is 12.0. The number of benzene rings is 2. The first kappa shape index (κ1) is 26.1. The molecular weight excluding hydrogens is 498 g/mol. The van der Waals surface area contributed by atoms with Gasteiger partial charge in [-0.05, 0) is 61.2 Å². The number of hydrogen-bond donors (Lipinski definition) is 0. The van der Waals surface area contributed by atoms with Crippen LogP contribution in [0.1, 0.15) is 36.6 Å². The van der Waals surface area contributed by atoms with Gasteiger partial charge in [-0.2, -0.15) is 4.31 Å². The Morgan fingerprint density at radius 2 is 1.78 bits per heavy atom. The maximum atomic E-state index is 13.9. The van der Waals surface area contributed by atoms with E-state index < -0.39 is 22.2 Å². The van der Waals surface area contributed by atoms with Gasteiger partial charge in [0.15, 0.2) is 0 Å². The fraction of sp³-hybridized carbons (Fsp3) is 0.333. The van der Waals surface area contributed by atoms with E-state index in [1.165, 1.54) is 21.3 Å². The lowest BCUT2D eigenvalue weighted by Gasteiger charge is -2.41. The largest absolute Gasteiger partial charge is 0.448 e. The van der Waals surface area contributed by atoms with E-state index >= 15 is 0 Å². The van der Waals surface area contributed by atoms with Crippen LogP contribution >= 0.6 is 11.6 Å². The Bertz CT molecular complexity index is 1240. The second kappa shape index (κ2) is 11.9. The minimum Gasteiger partial charge on any atom is -0.448 e. The number of hydrogen-bond acceptors (Lipinski definition) is 5. The summed E-state index contributed by atoms with van der Waals surface area (Å²) in [6.07, 6.45) is 3.94. The summed E-state index contributed by atoms with van der Waals surface area (Å²) in [5.41, 5.74) is 1.80. The van der Waals surface area contributed by atoms with Crippen LogP contribution in [0.15, 0.2) is 83.9 Å². The van der Waals surface area contributed by atoms with Crippen molar-refractivity contribution in [1.82, 2.24) is 14.2 Å². The Labute approximate surface area is 217 Å². The Hall–Kier alpha value is -2.94. The van der Waals surface area contributed by atoms with Crippen molar-refractivity contribution in [1.29, 1.82) is 0 Å². The van der Waals surface area contributed by atoms with Crippen LogP contribution in [0.5, 0.6) is 0 Å². The SMILES string of the molecule is CN(CCc1ccccn1)C(=O)OC[C@H]1CCC[C@@H](c2ccccc2)N1S(=O)(=O)c1ccc(Cl)cc1. The number of carbonyl (C=O) groups is 1. The van der Waals surface area contributed by atoms with Crippen LogP contribution in [0.25, 0.3) is 0 Å². The number of ether oxygens (including phenoxy) is 1.